The zero-order chi connectivity index (χ0) is 13.0. The Kier molecular flexibility index (Phi) is 4.87. The van der Waals surface area contributed by atoms with E-state index in [1.807, 2.05) is 6.07 Å². The summed E-state index contributed by atoms with van der Waals surface area (Å²) in [5.74, 6) is 1.45. The lowest BCUT2D eigenvalue weighted by molar-refractivity contribution is 0.317. The molecule has 18 heavy (non-hydrogen) atoms. The summed E-state index contributed by atoms with van der Waals surface area (Å²) < 4.78 is 18.7. The third kappa shape index (κ3) is 2.97. The van der Waals surface area contributed by atoms with Gasteiger partial charge in [0, 0.05) is 11.8 Å². The van der Waals surface area contributed by atoms with Crippen LogP contribution in [0.4, 0.5) is 4.39 Å². The van der Waals surface area contributed by atoms with Crippen LogP contribution in [-0.4, -0.2) is 13.0 Å². The van der Waals surface area contributed by atoms with Gasteiger partial charge in [0.05, 0.1) is 7.11 Å². The molecule has 1 nitrogen and oxygen atoms in total. The van der Waals surface area contributed by atoms with Crippen LogP contribution >= 0.6 is 11.6 Å². The van der Waals surface area contributed by atoms with Crippen LogP contribution in [0.25, 0.3) is 0 Å². The van der Waals surface area contributed by atoms with Crippen molar-refractivity contribution < 1.29 is 9.13 Å². The molecule has 0 heterocycles. The van der Waals surface area contributed by atoms with Gasteiger partial charge in [0.25, 0.3) is 0 Å². The van der Waals surface area contributed by atoms with Gasteiger partial charge in [0.1, 0.15) is 0 Å². The normalized spacial score (nSPS) is 18.6. The van der Waals surface area contributed by atoms with E-state index in [1.54, 1.807) is 12.1 Å². The van der Waals surface area contributed by atoms with Gasteiger partial charge in [0.2, 0.25) is 0 Å². The largest absolute Gasteiger partial charge is 0.494 e. The van der Waals surface area contributed by atoms with Gasteiger partial charge in [-0.15, -0.1) is 11.6 Å². The fraction of sp³-hybridized carbons (Fsp3) is 0.600. The first-order valence-corrected chi connectivity index (χ1v) is 7.19. The number of alkyl halides is 1. The first-order chi connectivity index (χ1) is 8.76. The van der Waals surface area contributed by atoms with Gasteiger partial charge in [-0.2, -0.15) is 0 Å². The molecule has 1 unspecified atom stereocenters. The quantitative estimate of drug-likeness (QED) is 0.718. The summed E-state index contributed by atoms with van der Waals surface area (Å²) in [5.41, 5.74) is 1.01. The predicted molar refractivity (Wildman–Crippen MR) is 73.0 cm³/mol. The number of halogens is 2. The molecule has 1 saturated carbocycles. The summed E-state index contributed by atoms with van der Waals surface area (Å²) in [4.78, 5) is 0. The SMILES string of the molecule is COc1ccc(C(CCl)C2CCCCC2)cc1F. The Bertz CT molecular complexity index is 388. The molecule has 1 fully saturated rings. The smallest absolute Gasteiger partial charge is 0.165 e. The molecule has 0 amide bonds. The summed E-state index contributed by atoms with van der Waals surface area (Å²) in [7, 11) is 1.48. The van der Waals surface area contributed by atoms with Gasteiger partial charge < -0.3 is 4.74 Å². The van der Waals surface area contributed by atoms with Gasteiger partial charge in [0.15, 0.2) is 11.6 Å². The van der Waals surface area contributed by atoms with Crippen molar-refractivity contribution in [2.75, 3.05) is 13.0 Å². The Morgan fingerprint density at radius 2 is 2.06 bits per heavy atom. The molecule has 0 bridgehead atoms. The summed E-state index contributed by atoms with van der Waals surface area (Å²) in [5, 5.41) is 0. The van der Waals surface area contributed by atoms with Gasteiger partial charge in [-0.3, -0.25) is 0 Å². The molecule has 0 aliphatic heterocycles. The highest BCUT2D eigenvalue weighted by Crippen LogP contribution is 2.37. The van der Waals surface area contributed by atoms with Crippen LogP contribution in [0.15, 0.2) is 18.2 Å². The molecule has 1 aromatic carbocycles. The minimum Gasteiger partial charge on any atom is -0.494 e. The standard InChI is InChI=1S/C15H20ClFO/c1-18-15-8-7-12(9-14(15)17)13(10-16)11-5-3-2-4-6-11/h7-9,11,13H,2-6,10H2,1H3. The van der Waals surface area contributed by atoms with Crippen LogP contribution in [0, 0.1) is 11.7 Å². The van der Waals surface area contributed by atoms with Gasteiger partial charge in [-0.1, -0.05) is 25.3 Å². The molecule has 0 aromatic heterocycles. The molecule has 0 saturated heterocycles. The molecule has 0 N–H and O–H groups in total. The number of methoxy groups -OCH3 is 1. The predicted octanol–water partition coefficient (Wildman–Crippen LogP) is 4.74. The van der Waals surface area contributed by atoms with E-state index < -0.39 is 0 Å². The Labute approximate surface area is 113 Å². The minimum absolute atomic E-state index is 0.271. The second-order valence-corrected chi connectivity index (χ2v) is 5.36. The molecular weight excluding hydrogens is 251 g/mol. The van der Waals surface area contributed by atoms with E-state index in [0.29, 0.717) is 17.5 Å². The van der Waals surface area contributed by atoms with Crippen molar-refractivity contribution in [3.63, 3.8) is 0 Å². The van der Waals surface area contributed by atoms with E-state index in [9.17, 15) is 4.39 Å². The van der Waals surface area contributed by atoms with Crippen molar-refractivity contribution in [1.29, 1.82) is 0 Å². The molecular formula is C15H20ClFO. The average molecular weight is 271 g/mol. The zero-order valence-corrected chi connectivity index (χ0v) is 11.5. The van der Waals surface area contributed by atoms with Crippen molar-refractivity contribution in [2.24, 2.45) is 5.92 Å². The summed E-state index contributed by atoms with van der Waals surface area (Å²) in [6.07, 6.45) is 6.30. The molecule has 1 atom stereocenters. The third-order valence-electron chi connectivity index (χ3n) is 3.99. The highest BCUT2D eigenvalue weighted by atomic mass is 35.5. The summed E-state index contributed by atoms with van der Waals surface area (Å²) in [6, 6.07) is 5.23. The number of hydrogen-bond donors (Lipinski definition) is 0. The fourth-order valence-electron chi connectivity index (χ4n) is 2.94. The minimum atomic E-state index is -0.291. The lowest BCUT2D eigenvalue weighted by Crippen LogP contribution is -2.18. The maximum absolute atomic E-state index is 13.7. The number of benzene rings is 1. The topological polar surface area (TPSA) is 9.23 Å². The van der Waals surface area contributed by atoms with Crippen molar-refractivity contribution >= 4 is 11.6 Å². The lowest BCUT2D eigenvalue weighted by atomic mass is 9.78. The van der Waals surface area contributed by atoms with E-state index in [-0.39, 0.29) is 11.7 Å². The van der Waals surface area contributed by atoms with E-state index >= 15 is 0 Å². The van der Waals surface area contributed by atoms with E-state index in [1.165, 1.54) is 39.2 Å². The van der Waals surface area contributed by atoms with Crippen molar-refractivity contribution in [3.05, 3.63) is 29.6 Å². The van der Waals surface area contributed by atoms with Gasteiger partial charge in [-0.25, -0.2) is 4.39 Å². The fourth-order valence-corrected chi connectivity index (χ4v) is 3.37. The third-order valence-corrected chi connectivity index (χ3v) is 4.32. The highest BCUT2D eigenvalue weighted by Gasteiger charge is 2.25. The van der Waals surface area contributed by atoms with E-state index in [2.05, 4.69) is 0 Å². The Balaban J connectivity index is 2.18. The Morgan fingerprint density at radius 1 is 1.33 bits per heavy atom. The average Bonchev–Trinajstić information content (AvgIpc) is 2.41. The van der Waals surface area contributed by atoms with Crippen LogP contribution in [0.2, 0.25) is 0 Å². The molecule has 2 rings (SSSR count). The van der Waals surface area contributed by atoms with Gasteiger partial charge >= 0.3 is 0 Å². The Hall–Kier alpha value is -0.760. The van der Waals surface area contributed by atoms with Crippen LogP contribution in [0.3, 0.4) is 0 Å². The van der Waals surface area contributed by atoms with Crippen molar-refractivity contribution in [2.45, 2.75) is 38.0 Å². The van der Waals surface area contributed by atoms with Crippen LogP contribution in [0.5, 0.6) is 5.75 Å². The number of hydrogen-bond acceptors (Lipinski definition) is 1. The van der Waals surface area contributed by atoms with Crippen LogP contribution in [-0.2, 0) is 0 Å². The molecule has 0 radical (unpaired) electrons. The second kappa shape index (κ2) is 6.42. The maximum atomic E-state index is 13.7. The number of ether oxygens (including phenoxy) is 1. The van der Waals surface area contributed by atoms with Crippen molar-refractivity contribution in [3.8, 4) is 5.75 Å². The first-order valence-electron chi connectivity index (χ1n) is 6.65. The molecule has 1 aromatic rings. The molecule has 100 valence electrons. The molecule has 1 aliphatic rings. The molecule has 0 spiro atoms. The first kappa shape index (κ1) is 13.7. The van der Waals surface area contributed by atoms with Crippen molar-refractivity contribution in [1.82, 2.24) is 0 Å². The summed E-state index contributed by atoms with van der Waals surface area (Å²) >= 11 is 6.11. The van der Waals surface area contributed by atoms with E-state index in [0.717, 1.165) is 5.56 Å². The van der Waals surface area contributed by atoms with Gasteiger partial charge in [-0.05, 0) is 36.5 Å². The van der Waals surface area contributed by atoms with E-state index in [4.69, 9.17) is 16.3 Å². The number of rotatable bonds is 4. The second-order valence-electron chi connectivity index (χ2n) is 5.05. The van der Waals surface area contributed by atoms with Crippen LogP contribution in [0.1, 0.15) is 43.6 Å². The monoisotopic (exact) mass is 270 g/mol. The lowest BCUT2D eigenvalue weighted by Gasteiger charge is -2.29. The van der Waals surface area contributed by atoms with Crippen LogP contribution < -0.4 is 4.74 Å². The molecule has 3 heteroatoms. The zero-order valence-electron chi connectivity index (χ0n) is 10.8. The Morgan fingerprint density at radius 3 is 2.61 bits per heavy atom. The maximum Gasteiger partial charge on any atom is 0.165 e. The highest BCUT2D eigenvalue weighted by molar-refractivity contribution is 6.18. The molecule has 1 aliphatic carbocycles. The summed E-state index contributed by atoms with van der Waals surface area (Å²) in [6.45, 7) is 0.